The molecule has 0 saturated heterocycles. The number of rotatable bonds is 4. The molecule has 1 heterocycles. The molecule has 6 nitrogen and oxygen atoms in total. The van der Waals surface area contributed by atoms with Crippen molar-refractivity contribution in [1.82, 2.24) is 4.98 Å². The van der Waals surface area contributed by atoms with Gasteiger partial charge in [0.1, 0.15) is 11.3 Å². The molecule has 2 atom stereocenters. The molecule has 0 aliphatic carbocycles. The van der Waals surface area contributed by atoms with Crippen molar-refractivity contribution in [3.63, 3.8) is 0 Å². The van der Waals surface area contributed by atoms with Crippen LogP contribution in [0, 0.1) is 0 Å². The normalized spacial score (nSPS) is 14.5. The number of carboxylic acid groups (broad SMARTS) is 1. The lowest BCUT2D eigenvalue weighted by molar-refractivity contribution is 0.0240. The molecule has 1 aromatic rings. The van der Waals surface area contributed by atoms with Crippen molar-refractivity contribution in [2.24, 2.45) is 5.73 Å². The molecule has 0 fully saturated rings. The highest BCUT2D eigenvalue weighted by molar-refractivity contribution is 6.32. The van der Waals surface area contributed by atoms with Crippen LogP contribution in [-0.2, 0) is 0 Å². The Balaban J connectivity index is 3.07. The molecule has 1 rings (SSSR count). The molecule has 0 radical (unpaired) electrons. The molecule has 0 spiro atoms. The van der Waals surface area contributed by atoms with Gasteiger partial charge in [0.25, 0.3) is 0 Å². The van der Waals surface area contributed by atoms with E-state index in [1.54, 1.807) is 0 Å². The van der Waals surface area contributed by atoms with Gasteiger partial charge in [0.05, 0.1) is 11.7 Å². The Bertz CT molecular complexity index is 399. The Kier molecular flexibility index (Phi) is 4.19. The predicted octanol–water partition coefficient (Wildman–Crippen LogP) is -0.214. The van der Waals surface area contributed by atoms with Crippen molar-refractivity contribution in [2.75, 3.05) is 6.54 Å². The molecule has 0 aromatic carbocycles. The van der Waals surface area contributed by atoms with E-state index in [1.807, 2.05) is 0 Å². The largest absolute Gasteiger partial charge is 0.478 e. The van der Waals surface area contributed by atoms with E-state index in [4.69, 9.17) is 22.4 Å². The van der Waals surface area contributed by atoms with Crippen molar-refractivity contribution >= 4 is 17.6 Å². The number of hydrogen-bond acceptors (Lipinski definition) is 5. The Hall–Kier alpha value is -1.21. The number of aliphatic hydroxyl groups is 2. The summed E-state index contributed by atoms with van der Waals surface area (Å²) < 4.78 is 0. The lowest BCUT2D eigenvalue weighted by Crippen LogP contribution is -2.27. The van der Waals surface area contributed by atoms with Gasteiger partial charge in [-0.25, -0.2) is 9.78 Å². The lowest BCUT2D eigenvalue weighted by Gasteiger charge is -2.16. The van der Waals surface area contributed by atoms with E-state index in [0.717, 1.165) is 6.07 Å². The van der Waals surface area contributed by atoms with Crippen LogP contribution in [0.2, 0.25) is 5.15 Å². The summed E-state index contributed by atoms with van der Waals surface area (Å²) in [5.41, 5.74) is 5.08. The number of carbonyl (C=O) groups is 1. The summed E-state index contributed by atoms with van der Waals surface area (Å²) in [6.07, 6.45) is -1.27. The molecule has 2 unspecified atom stereocenters. The number of nitrogens with two attached hydrogens (primary N) is 1. The van der Waals surface area contributed by atoms with Gasteiger partial charge in [-0.3, -0.25) is 0 Å². The van der Waals surface area contributed by atoms with Crippen molar-refractivity contribution < 1.29 is 20.1 Å². The van der Waals surface area contributed by atoms with Crippen LogP contribution in [0.25, 0.3) is 0 Å². The van der Waals surface area contributed by atoms with Crippen molar-refractivity contribution in [3.05, 3.63) is 28.5 Å². The third kappa shape index (κ3) is 2.67. The molecule has 1 aromatic heterocycles. The van der Waals surface area contributed by atoms with Crippen LogP contribution in [0.4, 0.5) is 0 Å². The van der Waals surface area contributed by atoms with E-state index in [-0.39, 0.29) is 22.8 Å². The Morgan fingerprint density at radius 2 is 2.19 bits per heavy atom. The van der Waals surface area contributed by atoms with E-state index in [0.29, 0.717) is 0 Å². The molecule has 5 N–H and O–H groups in total. The number of halogens is 1. The topological polar surface area (TPSA) is 117 Å². The smallest absolute Gasteiger partial charge is 0.338 e. The van der Waals surface area contributed by atoms with Gasteiger partial charge in [0.2, 0.25) is 0 Å². The zero-order valence-corrected chi connectivity index (χ0v) is 8.92. The average Bonchev–Trinajstić information content (AvgIpc) is 2.27. The Labute approximate surface area is 96.3 Å². The second-order valence-corrected chi connectivity index (χ2v) is 3.52. The second-order valence-electron chi connectivity index (χ2n) is 3.16. The highest BCUT2D eigenvalue weighted by atomic mass is 35.5. The first-order valence-corrected chi connectivity index (χ1v) is 4.80. The van der Waals surface area contributed by atoms with Gasteiger partial charge in [0, 0.05) is 18.3 Å². The number of aromatic carboxylic acids is 1. The minimum absolute atomic E-state index is 0.147. The van der Waals surface area contributed by atoms with Gasteiger partial charge in [-0.05, 0) is 6.07 Å². The Morgan fingerprint density at radius 3 is 2.69 bits per heavy atom. The highest BCUT2D eigenvalue weighted by Crippen LogP contribution is 2.21. The molecule has 16 heavy (non-hydrogen) atoms. The molecular formula is C9H11ClN2O4. The minimum Gasteiger partial charge on any atom is -0.478 e. The highest BCUT2D eigenvalue weighted by Gasteiger charge is 2.20. The number of aromatic nitrogens is 1. The van der Waals surface area contributed by atoms with Crippen LogP contribution in [0.5, 0.6) is 0 Å². The third-order valence-electron chi connectivity index (χ3n) is 2.04. The molecule has 7 heteroatoms. The number of nitrogens with zero attached hydrogens (tertiary/aromatic N) is 1. The van der Waals surface area contributed by atoms with Crippen molar-refractivity contribution in [2.45, 2.75) is 12.2 Å². The fraction of sp³-hybridized carbons (Fsp3) is 0.333. The van der Waals surface area contributed by atoms with Crippen LogP contribution in [0.3, 0.4) is 0 Å². The zero-order valence-electron chi connectivity index (χ0n) is 8.17. The van der Waals surface area contributed by atoms with E-state index >= 15 is 0 Å². The summed E-state index contributed by atoms with van der Waals surface area (Å²) in [6, 6.07) is 1.15. The van der Waals surface area contributed by atoms with E-state index in [2.05, 4.69) is 4.98 Å². The molecule has 88 valence electrons. The van der Waals surface area contributed by atoms with Crippen LogP contribution < -0.4 is 5.73 Å². The SMILES string of the molecule is NCC(O)C(O)c1cnc(Cl)c(C(=O)O)c1. The van der Waals surface area contributed by atoms with Crippen LogP contribution in [-0.4, -0.2) is 38.9 Å². The molecular weight excluding hydrogens is 236 g/mol. The first-order valence-electron chi connectivity index (χ1n) is 4.42. The number of carboxylic acids is 1. The van der Waals surface area contributed by atoms with Crippen LogP contribution in [0.15, 0.2) is 12.3 Å². The first kappa shape index (κ1) is 12.9. The number of pyridine rings is 1. The van der Waals surface area contributed by atoms with Crippen LogP contribution in [0.1, 0.15) is 22.0 Å². The van der Waals surface area contributed by atoms with Gasteiger partial charge in [-0.1, -0.05) is 11.6 Å². The van der Waals surface area contributed by atoms with E-state index in [1.165, 1.54) is 6.20 Å². The maximum absolute atomic E-state index is 10.7. The third-order valence-corrected chi connectivity index (χ3v) is 2.34. The molecule has 0 aliphatic heterocycles. The van der Waals surface area contributed by atoms with E-state index < -0.39 is 18.2 Å². The fourth-order valence-corrected chi connectivity index (χ4v) is 1.31. The van der Waals surface area contributed by atoms with Crippen molar-refractivity contribution in [1.29, 1.82) is 0 Å². The molecule has 0 bridgehead atoms. The lowest BCUT2D eigenvalue weighted by atomic mass is 10.0. The summed E-state index contributed by atoms with van der Waals surface area (Å²) >= 11 is 5.55. The first-order chi connectivity index (χ1) is 7.47. The minimum atomic E-state index is -1.28. The zero-order chi connectivity index (χ0) is 12.3. The van der Waals surface area contributed by atoms with Gasteiger partial charge in [-0.2, -0.15) is 0 Å². The maximum atomic E-state index is 10.7. The fourth-order valence-electron chi connectivity index (χ4n) is 1.13. The predicted molar refractivity (Wildman–Crippen MR) is 56.2 cm³/mol. The molecule has 0 saturated carbocycles. The molecule has 0 amide bonds. The molecule has 0 aliphatic rings. The summed E-state index contributed by atoms with van der Waals surface area (Å²) in [5, 5.41) is 27.5. The standard InChI is InChI=1S/C9H11ClN2O4/c10-8-5(9(15)16)1-4(3-12-8)7(14)6(13)2-11/h1,3,6-7,13-14H,2,11H2,(H,15,16). The summed E-state index contributed by atoms with van der Waals surface area (Å²) in [5.74, 6) is -1.26. The monoisotopic (exact) mass is 246 g/mol. The van der Waals surface area contributed by atoms with Gasteiger partial charge < -0.3 is 21.1 Å². The number of aliphatic hydroxyl groups excluding tert-OH is 2. The Morgan fingerprint density at radius 1 is 1.56 bits per heavy atom. The summed E-state index contributed by atoms with van der Waals surface area (Å²) in [4.78, 5) is 14.4. The number of hydrogen-bond donors (Lipinski definition) is 4. The maximum Gasteiger partial charge on any atom is 0.338 e. The van der Waals surface area contributed by atoms with E-state index in [9.17, 15) is 15.0 Å². The van der Waals surface area contributed by atoms with Gasteiger partial charge in [0.15, 0.2) is 0 Å². The second kappa shape index (κ2) is 5.22. The average molecular weight is 247 g/mol. The van der Waals surface area contributed by atoms with Gasteiger partial charge >= 0.3 is 5.97 Å². The summed E-state index contributed by atoms with van der Waals surface area (Å²) in [6.45, 7) is -0.147. The quantitative estimate of drug-likeness (QED) is 0.546. The van der Waals surface area contributed by atoms with Crippen LogP contribution >= 0.6 is 11.6 Å². The van der Waals surface area contributed by atoms with Gasteiger partial charge in [-0.15, -0.1) is 0 Å². The summed E-state index contributed by atoms with van der Waals surface area (Å²) in [7, 11) is 0. The van der Waals surface area contributed by atoms with Crippen molar-refractivity contribution in [3.8, 4) is 0 Å².